The van der Waals surface area contributed by atoms with E-state index < -0.39 is 0 Å². The number of hydrogen-bond acceptors (Lipinski definition) is 2. The molecule has 0 amide bonds. The van der Waals surface area contributed by atoms with Crippen molar-refractivity contribution in [1.82, 2.24) is 5.32 Å². The Labute approximate surface area is 77.4 Å². The minimum atomic E-state index is -0.313. The summed E-state index contributed by atoms with van der Waals surface area (Å²) in [5, 5.41) is 12.6. The average molecular weight is 183 g/mol. The minimum Gasteiger partial charge on any atom is -0.507 e. The van der Waals surface area contributed by atoms with Crippen molar-refractivity contribution in [3.05, 3.63) is 29.1 Å². The first-order valence-corrected chi connectivity index (χ1v) is 4.22. The van der Waals surface area contributed by atoms with E-state index >= 15 is 0 Å². The molecule has 0 spiro atoms. The second-order valence-corrected chi connectivity index (χ2v) is 3.17. The van der Waals surface area contributed by atoms with Crippen LogP contribution >= 0.6 is 0 Å². The molecule has 0 radical (unpaired) electrons. The molecule has 0 bridgehead atoms. The molecule has 0 saturated heterocycles. The van der Waals surface area contributed by atoms with Gasteiger partial charge < -0.3 is 10.4 Å². The largest absolute Gasteiger partial charge is 0.507 e. The zero-order chi connectivity index (χ0) is 10.0. The predicted octanol–water partition coefficient (Wildman–Crippen LogP) is 2.12. The van der Waals surface area contributed by atoms with Gasteiger partial charge in [0.2, 0.25) is 0 Å². The molecule has 0 heterocycles. The second-order valence-electron chi connectivity index (χ2n) is 3.17. The monoisotopic (exact) mass is 183 g/mol. The van der Waals surface area contributed by atoms with Gasteiger partial charge in [-0.25, -0.2) is 4.39 Å². The first kappa shape index (κ1) is 9.99. The van der Waals surface area contributed by atoms with Gasteiger partial charge in [0.05, 0.1) is 0 Å². The summed E-state index contributed by atoms with van der Waals surface area (Å²) >= 11 is 0. The van der Waals surface area contributed by atoms with Gasteiger partial charge in [-0.2, -0.15) is 0 Å². The molecule has 1 atom stereocenters. The highest BCUT2D eigenvalue weighted by Crippen LogP contribution is 2.28. The van der Waals surface area contributed by atoms with Crippen LogP contribution in [0.1, 0.15) is 24.1 Å². The molecule has 0 aliphatic rings. The maximum absolute atomic E-state index is 13.0. The molecule has 0 aliphatic heterocycles. The van der Waals surface area contributed by atoms with E-state index in [1.165, 1.54) is 12.1 Å². The molecule has 2 nitrogen and oxygen atoms in total. The van der Waals surface area contributed by atoms with Crippen LogP contribution < -0.4 is 5.32 Å². The van der Waals surface area contributed by atoms with E-state index in [0.29, 0.717) is 11.1 Å². The van der Waals surface area contributed by atoms with Crippen molar-refractivity contribution in [3.63, 3.8) is 0 Å². The Morgan fingerprint density at radius 3 is 2.62 bits per heavy atom. The maximum atomic E-state index is 13.0. The van der Waals surface area contributed by atoms with Gasteiger partial charge in [-0.3, -0.25) is 0 Å². The van der Waals surface area contributed by atoms with Crippen LogP contribution in [0.4, 0.5) is 4.39 Å². The number of aryl methyl sites for hydroxylation is 1. The zero-order valence-corrected chi connectivity index (χ0v) is 8.06. The second kappa shape index (κ2) is 3.75. The molecule has 0 aliphatic carbocycles. The lowest BCUT2D eigenvalue weighted by Gasteiger charge is -2.14. The van der Waals surface area contributed by atoms with E-state index in [4.69, 9.17) is 0 Å². The summed E-state index contributed by atoms with van der Waals surface area (Å²) < 4.78 is 13.0. The molecular weight excluding hydrogens is 169 g/mol. The first-order chi connectivity index (χ1) is 6.06. The van der Waals surface area contributed by atoms with Gasteiger partial charge >= 0.3 is 0 Å². The van der Waals surface area contributed by atoms with Gasteiger partial charge in [0.15, 0.2) is 0 Å². The standard InChI is InChI=1S/C10H14FNO/c1-6-4-8(11)5-9(10(6)13)7(2)12-3/h4-5,7,12-13H,1-3H3/t7-/m1/s1. The van der Waals surface area contributed by atoms with Gasteiger partial charge in [0, 0.05) is 11.6 Å². The van der Waals surface area contributed by atoms with E-state index in [0.717, 1.165) is 0 Å². The number of benzene rings is 1. The van der Waals surface area contributed by atoms with Crippen LogP contribution in [0.15, 0.2) is 12.1 Å². The number of nitrogens with one attached hydrogen (secondary N) is 1. The van der Waals surface area contributed by atoms with Gasteiger partial charge in [-0.05, 0) is 38.6 Å². The Balaban J connectivity index is 3.20. The van der Waals surface area contributed by atoms with Crippen molar-refractivity contribution in [3.8, 4) is 5.75 Å². The van der Waals surface area contributed by atoms with Crippen LogP contribution in [-0.2, 0) is 0 Å². The van der Waals surface area contributed by atoms with Gasteiger partial charge in [-0.1, -0.05) is 0 Å². The van der Waals surface area contributed by atoms with Crippen molar-refractivity contribution in [2.75, 3.05) is 7.05 Å². The molecule has 1 aromatic carbocycles. The average Bonchev–Trinajstić information content (AvgIpc) is 2.10. The fourth-order valence-corrected chi connectivity index (χ4v) is 1.25. The van der Waals surface area contributed by atoms with Crippen molar-refractivity contribution < 1.29 is 9.50 Å². The molecule has 0 saturated carbocycles. The Kier molecular flexibility index (Phi) is 2.88. The fourth-order valence-electron chi connectivity index (χ4n) is 1.25. The summed E-state index contributed by atoms with van der Waals surface area (Å²) in [6, 6.07) is 2.62. The SMILES string of the molecule is CN[C@H](C)c1cc(F)cc(C)c1O. The summed E-state index contributed by atoms with van der Waals surface area (Å²) in [6.07, 6.45) is 0. The number of halogens is 1. The molecule has 0 fully saturated rings. The molecule has 72 valence electrons. The van der Waals surface area contributed by atoms with Crippen LogP contribution in [0.25, 0.3) is 0 Å². The molecule has 1 rings (SSSR count). The van der Waals surface area contributed by atoms with Crippen LogP contribution in [0.5, 0.6) is 5.75 Å². The Morgan fingerprint density at radius 1 is 1.46 bits per heavy atom. The Bertz CT molecular complexity index is 312. The number of phenols is 1. The van der Waals surface area contributed by atoms with Gasteiger partial charge in [0.1, 0.15) is 11.6 Å². The van der Waals surface area contributed by atoms with E-state index in [1.54, 1.807) is 14.0 Å². The zero-order valence-electron chi connectivity index (χ0n) is 8.06. The third-order valence-corrected chi connectivity index (χ3v) is 2.19. The third kappa shape index (κ3) is 1.98. The summed E-state index contributed by atoms with van der Waals surface area (Å²) in [7, 11) is 1.77. The quantitative estimate of drug-likeness (QED) is 0.736. The molecule has 3 heteroatoms. The highest BCUT2D eigenvalue weighted by molar-refractivity contribution is 5.41. The smallest absolute Gasteiger partial charge is 0.124 e. The minimum absolute atomic E-state index is 0.0469. The van der Waals surface area contributed by atoms with Crippen molar-refractivity contribution in [1.29, 1.82) is 0 Å². The molecule has 0 unspecified atom stereocenters. The van der Waals surface area contributed by atoms with E-state index in [9.17, 15) is 9.50 Å². The normalized spacial score (nSPS) is 12.9. The van der Waals surface area contributed by atoms with E-state index in [-0.39, 0.29) is 17.6 Å². The lowest BCUT2D eigenvalue weighted by atomic mass is 10.0. The van der Waals surface area contributed by atoms with E-state index in [1.807, 2.05) is 6.92 Å². The number of rotatable bonds is 2. The summed E-state index contributed by atoms with van der Waals surface area (Å²) in [5.41, 5.74) is 1.16. The Morgan fingerprint density at radius 2 is 2.08 bits per heavy atom. The van der Waals surface area contributed by atoms with Gasteiger partial charge in [-0.15, -0.1) is 0 Å². The number of aromatic hydroxyl groups is 1. The molecule has 2 N–H and O–H groups in total. The van der Waals surface area contributed by atoms with Crippen LogP contribution in [-0.4, -0.2) is 12.2 Å². The highest BCUT2D eigenvalue weighted by atomic mass is 19.1. The van der Waals surface area contributed by atoms with Crippen molar-refractivity contribution >= 4 is 0 Å². The summed E-state index contributed by atoms with van der Waals surface area (Å²) in [6.45, 7) is 3.55. The number of hydrogen-bond donors (Lipinski definition) is 2. The lowest BCUT2D eigenvalue weighted by molar-refractivity contribution is 0.450. The fraction of sp³-hybridized carbons (Fsp3) is 0.400. The maximum Gasteiger partial charge on any atom is 0.124 e. The first-order valence-electron chi connectivity index (χ1n) is 4.22. The summed E-state index contributed by atoms with van der Waals surface area (Å²) in [5.74, 6) is -0.143. The summed E-state index contributed by atoms with van der Waals surface area (Å²) in [4.78, 5) is 0. The lowest BCUT2D eigenvalue weighted by Crippen LogP contribution is -2.13. The predicted molar refractivity (Wildman–Crippen MR) is 50.3 cm³/mol. The topological polar surface area (TPSA) is 32.3 Å². The van der Waals surface area contributed by atoms with Crippen LogP contribution in [0, 0.1) is 12.7 Å². The van der Waals surface area contributed by atoms with Crippen LogP contribution in [0.2, 0.25) is 0 Å². The van der Waals surface area contributed by atoms with Crippen molar-refractivity contribution in [2.45, 2.75) is 19.9 Å². The molecule has 0 aromatic heterocycles. The Hall–Kier alpha value is -1.09. The van der Waals surface area contributed by atoms with Crippen LogP contribution in [0.3, 0.4) is 0 Å². The third-order valence-electron chi connectivity index (χ3n) is 2.19. The van der Waals surface area contributed by atoms with Crippen molar-refractivity contribution in [2.24, 2.45) is 0 Å². The van der Waals surface area contributed by atoms with E-state index in [2.05, 4.69) is 5.32 Å². The highest BCUT2D eigenvalue weighted by Gasteiger charge is 2.11. The number of phenolic OH excluding ortho intramolecular Hbond substituents is 1. The molecule has 1 aromatic rings. The molecular formula is C10H14FNO. The van der Waals surface area contributed by atoms with Gasteiger partial charge in [0.25, 0.3) is 0 Å². The molecule has 13 heavy (non-hydrogen) atoms.